The number of rotatable bonds is 2. The third kappa shape index (κ3) is 2.07. The maximum atomic E-state index is 5.90. The van der Waals surface area contributed by atoms with E-state index in [0.717, 1.165) is 22.6 Å². The van der Waals surface area contributed by atoms with E-state index in [1.54, 1.807) is 0 Å². The number of hydrogen-bond donors (Lipinski definition) is 1. The van der Waals surface area contributed by atoms with Crippen molar-refractivity contribution in [2.24, 2.45) is 0 Å². The van der Waals surface area contributed by atoms with Crippen molar-refractivity contribution in [1.82, 2.24) is 14.6 Å². The predicted molar refractivity (Wildman–Crippen MR) is 84.0 cm³/mol. The largest absolute Gasteiger partial charge is 0.399 e. The molecule has 1 fully saturated rings. The molecule has 4 rings (SSSR count). The quantitative estimate of drug-likeness (QED) is 0.728. The van der Waals surface area contributed by atoms with Crippen molar-refractivity contribution in [1.29, 1.82) is 0 Å². The van der Waals surface area contributed by atoms with Crippen LogP contribution in [0.25, 0.3) is 16.9 Å². The monoisotopic (exact) mass is 278 g/mol. The lowest BCUT2D eigenvalue weighted by Gasteiger charge is -2.08. The van der Waals surface area contributed by atoms with Gasteiger partial charge in [-0.25, -0.2) is 9.50 Å². The average molecular weight is 278 g/mol. The van der Waals surface area contributed by atoms with Gasteiger partial charge in [0.15, 0.2) is 5.65 Å². The first-order valence-electron chi connectivity index (χ1n) is 7.51. The Bertz CT molecular complexity index is 784. The summed E-state index contributed by atoms with van der Waals surface area (Å²) in [7, 11) is 0. The molecule has 0 unspecified atom stereocenters. The zero-order valence-corrected chi connectivity index (χ0v) is 11.9. The summed E-state index contributed by atoms with van der Waals surface area (Å²) >= 11 is 0. The molecule has 21 heavy (non-hydrogen) atoms. The Hall–Kier alpha value is -2.36. The Kier molecular flexibility index (Phi) is 2.88. The standard InChI is InChI=1S/C17H18N4/c18-14-7-3-6-13(10-14)16-8-9-19-17-15(11-20-21(16)17)12-4-1-2-5-12/h3,6-12H,1-2,4-5,18H2. The van der Waals surface area contributed by atoms with E-state index in [9.17, 15) is 0 Å². The van der Waals surface area contributed by atoms with Crippen LogP contribution in [0.15, 0.2) is 42.7 Å². The number of hydrogen-bond acceptors (Lipinski definition) is 3. The van der Waals surface area contributed by atoms with Crippen LogP contribution in [0.3, 0.4) is 0 Å². The van der Waals surface area contributed by atoms with Gasteiger partial charge in [0.25, 0.3) is 0 Å². The Morgan fingerprint density at radius 1 is 1.14 bits per heavy atom. The van der Waals surface area contributed by atoms with Crippen molar-refractivity contribution < 1.29 is 0 Å². The summed E-state index contributed by atoms with van der Waals surface area (Å²) in [5, 5.41) is 4.58. The highest BCUT2D eigenvalue weighted by Gasteiger charge is 2.22. The molecule has 2 N–H and O–H groups in total. The summed E-state index contributed by atoms with van der Waals surface area (Å²) in [6, 6.07) is 9.90. The number of nitrogen functional groups attached to an aromatic ring is 1. The van der Waals surface area contributed by atoms with Crippen molar-refractivity contribution in [3.05, 3.63) is 48.3 Å². The fourth-order valence-corrected chi connectivity index (χ4v) is 3.35. The molecule has 106 valence electrons. The smallest absolute Gasteiger partial charge is 0.159 e. The molecule has 0 saturated heterocycles. The van der Waals surface area contributed by atoms with Crippen molar-refractivity contribution in [2.45, 2.75) is 31.6 Å². The second-order valence-electron chi connectivity index (χ2n) is 5.77. The van der Waals surface area contributed by atoms with Gasteiger partial charge in [0.2, 0.25) is 0 Å². The van der Waals surface area contributed by atoms with Gasteiger partial charge in [0.1, 0.15) is 0 Å². The van der Waals surface area contributed by atoms with E-state index in [-0.39, 0.29) is 0 Å². The summed E-state index contributed by atoms with van der Waals surface area (Å²) in [6.07, 6.45) is 9.01. The Labute approximate surface area is 123 Å². The molecule has 4 heteroatoms. The van der Waals surface area contributed by atoms with Crippen molar-refractivity contribution in [2.75, 3.05) is 5.73 Å². The molecule has 0 spiro atoms. The predicted octanol–water partition coefficient (Wildman–Crippen LogP) is 3.64. The molecule has 1 aliphatic carbocycles. The van der Waals surface area contributed by atoms with Gasteiger partial charge in [-0.2, -0.15) is 5.10 Å². The van der Waals surface area contributed by atoms with Crippen molar-refractivity contribution in [3.63, 3.8) is 0 Å². The molecule has 0 amide bonds. The number of fused-ring (bicyclic) bond motifs is 1. The molecule has 0 bridgehead atoms. The van der Waals surface area contributed by atoms with Crippen LogP contribution in [0.2, 0.25) is 0 Å². The second kappa shape index (κ2) is 4.88. The van der Waals surface area contributed by atoms with Crippen LogP contribution in [0.5, 0.6) is 0 Å². The van der Waals surface area contributed by atoms with E-state index in [0.29, 0.717) is 5.92 Å². The van der Waals surface area contributed by atoms with Gasteiger partial charge in [0.05, 0.1) is 11.9 Å². The minimum Gasteiger partial charge on any atom is -0.399 e. The van der Waals surface area contributed by atoms with E-state index in [1.165, 1.54) is 31.2 Å². The number of nitrogens with zero attached hydrogens (tertiary/aromatic N) is 3. The number of benzene rings is 1. The average Bonchev–Trinajstić information content (AvgIpc) is 3.15. The summed E-state index contributed by atoms with van der Waals surface area (Å²) in [4.78, 5) is 4.56. The fraction of sp³-hybridized carbons (Fsp3) is 0.294. The maximum absolute atomic E-state index is 5.90. The van der Waals surface area contributed by atoms with Crippen LogP contribution in [0.4, 0.5) is 5.69 Å². The highest BCUT2D eigenvalue weighted by molar-refractivity contribution is 5.67. The second-order valence-corrected chi connectivity index (χ2v) is 5.77. The van der Waals surface area contributed by atoms with Gasteiger partial charge in [-0.15, -0.1) is 0 Å². The zero-order chi connectivity index (χ0) is 14.2. The highest BCUT2D eigenvalue weighted by Crippen LogP contribution is 2.36. The molecule has 2 heterocycles. The van der Waals surface area contributed by atoms with E-state index >= 15 is 0 Å². The van der Waals surface area contributed by atoms with Gasteiger partial charge in [-0.1, -0.05) is 25.0 Å². The molecule has 0 atom stereocenters. The van der Waals surface area contributed by atoms with E-state index < -0.39 is 0 Å². The molecule has 1 aromatic carbocycles. The van der Waals surface area contributed by atoms with Crippen LogP contribution >= 0.6 is 0 Å². The fourth-order valence-electron chi connectivity index (χ4n) is 3.35. The third-order valence-corrected chi connectivity index (χ3v) is 4.41. The van der Waals surface area contributed by atoms with Crippen molar-refractivity contribution >= 4 is 11.3 Å². The van der Waals surface area contributed by atoms with Gasteiger partial charge in [-0.05, 0) is 37.0 Å². The number of anilines is 1. The molecule has 3 aromatic rings. The summed E-state index contributed by atoms with van der Waals surface area (Å²) < 4.78 is 1.95. The normalized spacial score (nSPS) is 15.8. The molecule has 4 nitrogen and oxygen atoms in total. The summed E-state index contributed by atoms with van der Waals surface area (Å²) in [6.45, 7) is 0. The summed E-state index contributed by atoms with van der Waals surface area (Å²) in [5.74, 6) is 0.617. The lowest BCUT2D eigenvalue weighted by molar-refractivity contribution is 0.727. The molecule has 2 aromatic heterocycles. The molecular weight excluding hydrogens is 260 g/mol. The van der Waals surface area contributed by atoms with Crippen LogP contribution in [0.1, 0.15) is 37.2 Å². The van der Waals surface area contributed by atoms with Crippen LogP contribution in [0, 0.1) is 0 Å². The number of aromatic nitrogens is 3. The topological polar surface area (TPSA) is 56.2 Å². The Balaban J connectivity index is 1.87. The highest BCUT2D eigenvalue weighted by atomic mass is 15.3. The van der Waals surface area contributed by atoms with Gasteiger partial charge in [-0.3, -0.25) is 0 Å². The SMILES string of the molecule is Nc1cccc(-c2ccnc3c(C4CCCC4)cnn23)c1. The Morgan fingerprint density at radius 2 is 2.00 bits per heavy atom. The molecule has 1 saturated carbocycles. The Morgan fingerprint density at radius 3 is 2.81 bits per heavy atom. The first kappa shape index (κ1) is 12.4. The number of nitrogens with two attached hydrogens (primary N) is 1. The first-order chi connectivity index (χ1) is 10.3. The zero-order valence-electron chi connectivity index (χ0n) is 11.9. The molecule has 0 radical (unpaired) electrons. The lowest BCUT2D eigenvalue weighted by atomic mass is 10.0. The van der Waals surface area contributed by atoms with Crippen LogP contribution in [-0.2, 0) is 0 Å². The van der Waals surface area contributed by atoms with Crippen LogP contribution < -0.4 is 5.73 Å². The van der Waals surface area contributed by atoms with Crippen molar-refractivity contribution in [3.8, 4) is 11.3 Å². The van der Waals surface area contributed by atoms with E-state index in [4.69, 9.17) is 5.73 Å². The van der Waals surface area contributed by atoms with Gasteiger partial charge < -0.3 is 5.73 Å². The minimum absolute atomic E-state index is 0.617. The van der Waals surface area contributed by atoms with E-state index in [1.807, 2.05) is 41.2 Å². The van der Waals surface area contributed by atoms with Crippen LogP contribution in [-0.4, -0.2) is 14.6 Å². The van der Waals surface area contributed by atoms with Gasteiger partial charge >= 0.3 is 0 Å². The molecular formula is C17H18N4. The van der Waals surface area contributed by atoms with E-state index in [2.05, 4.69) is 16.1 Å². The molecule has 0 aliphatic heterocycles. The minimum atomic E-state index is 0.617. The summed E-state index contributed by atoms with van der Waals surface area (Å²) in [5.41, 5.74) is 11.1. The lowest BCUT2D eigenvalue weighted by Crippen LogP contribution is -1.98. The van der Waals surface area contributed by atoms with Gasteiger partial charge in [0, 0.05) is 23.0 Å². The maximum Gasteiger partial charge on any atom is 0.159 e. The third-order valence-electron chi connectivity index (χ3n) is 4.41. The molecule has 1 aliphatic rings. The first-order valence-corrected chi connectivity index (χ1v) is 7.51.